The van der Waals surface area contributed by atoms with Crippen LogP contribution in [0, 0.1) is 5.41 Å². The first-order chi connectivity index (χ1) is 17.4. The Labute approximate surface area is 216 Å². The zero-order valence-corrected chi connectivity index (χ0v) is 21.7. The molecule has 2 aromatic rings. The highest BCUT2D eigenvalue weighted by Crippen LogP contribution is 2.46. The summed E-state index contributed by atoms with van der Waals surface area (Å²) in [6.45, 7) is 5.96. The fourth-order valence-corrected chi connectivity index (χ4v) is 5.23. The Hall–Kier alpha value is -3.88. The summed E-state index contributed by atoms with van der Waals surface area (Å²) in [4.78, 5) is 55.4. The van der Waals surface area contributed by atoms with Crippen LogP contribution >= 0.6 is 0 Å². The molecule has 4 amide bonds. The number of hydrogen-bond acceptors (Lipinski definition) is 5. The van der Waals surface area contributed by atoms with Gasteiger partial charge in [0.2, 0.25) is 17.7 Å². The number of carbonyl (C=O) groups is 4. The van der Waals surface area contributed by atoms with Crippen molar-refractivity contribution in [1.29, 1.82) is 0 Å². The van der Waals surface area contributed by atoms with Crippen molar-refractivity contribution < 1.29 is 23.9 Å². The second-order valence-electron chi connectivity index (χ2n) is 11.1. The number of primary amides is 1. The van der Waals surface area contributed by atoms with Crippen molar-refractivity contribution in [1.82, 2.24) is 9.80 Å². The van der Waals surface area contributed by atoms with E-state index >= 15 is 0 Å². The number of nitrogens with zero attached hydrogens (tertiary/aromatic N) is 2. The van der Waals surface area contributed by atoms with Gasteiger partial charge in [-0.15, -0.1) is 0 Å². The molecular formula is C28H34N4O5. The first-order valence-electron chi connectivity index (χ1n) is 12.4. The van der Waals surface area contributed by atoms with Crippen LogP contribution in [-0.4, -0.2) is 59.3 Å². The van der Waals surface area contributed by atoms with Gasteiger partial charge in [-0.25, -0.2) is 4.79 Å². The Morgan fingerprint density at radius 1 is 1.14 bits per heavy atom. The third-order valence-corrected chi connectivity index (χ3v) is 7.15. The van der Waals surface area contributed by atoms with Crippen LogP contribution in [-0.2, 0) is 31.1 Å². The minimum atomic E-state index is -1.08. The molecule has 9 nitrogen and oxygen atoms in total. The number of benzene rings is 2. The highest BCUT2D eigenvalue weighted by molar-refractivity contribution is 6.08. The molecule has 0 unspecified atom stereocenters. The lowest BCUT2D eigenvalue weighted by atomic mass is 9.79. The average molecular weight is 507 g/mol. The fourth-order valence-electron chi connectivity index (χ4n) is 5.23. The van der Waals surface area contributed by atoms with E-state index in [4.69, 9.17) is 10.5 Å². The molecule has 0 radical (unpaired) electrons. The smallest absolute Gasteiger partial charge is 0.410 e. The number of rotatable bonds is 6. The van der Waals surface area contributed by atoms with Crippen LogP contribution in [0.4, 0.5) is 10.5 Å². The fraction of sp³-hybridized carbons (Fsp3) is 0.429. The molecule has 0 bridgehead atoms. The molecule has 0 aliphatic carbocycles. The van der Waals surface area contributed by atoms with Crippen LogP contribution in [0.15, 0.2) is 54.6 Å². The summed E-state index contributed by atoms with van der Waals surface area (Å²) < 4.78 is 5.49. The second-order valence-corrected chi connectivity index (χ2v) is 11.1. The topological polar surface area (TPSA) is 122 Å². The quantitative estimate of drug-likeness (QED) is 0.624. The standard InChI is InChI=1S/C28H34N4O5/c1-27(2,3)14-22(31(4)26(36)37-16-18-10-6-5-7-11-18)24(34)32-17-28(15-21(32)23(29)33)19-12-8-9-13-20(19)30-25(28)35/h5-13,21-22H,14-17H2,1-4H3,(H2,29,33)(H,30,35)/t21-,22-,28-/m0/s1. The normalized spacial score (nSPS) is 21.4. The van der Waals surface area contributed by atoms with Crippen molar-refractivity contribution in [3.63, 3.8) is 0 Å². The monoisotopic (exact) mass is 506 g/mol. The number of nitrogens with one attached hydrogen (secondary N) is 1. The Balaban J connectivity index is 1.61. The molecule has 9 heteroatoms. The van der Waals surface area contributed by atoms with Crippen LogP contribution in [0.2, 0.25) is 0 Å². The molecule has 0 saturated carbocycles. The number of anilines is 1. The number of likely N-dealkylation sites (N-methyl/N-ethyl adjacent to an activating group) is 1. The summed E-state index contributed by atoms with van der Waals surface area (Å²) in [5.74, 6) is -1.39. The van der Waals surface area contributed by atoms with Crippen LogP contribution < -0.4 is 11.1 Å². The van der Waals surface area contributed by atoms with Gasteiger partial charge < -0.3 is 20.7 Å². The summed E-state index contributed by atoms with van der Waals surface area (Å²) in [5, 5.41) is 2.88. The van der Waals surface area contributed by atoms with Gasteiger partial charge in [0.25, 0.3) is 0 Å². The number of para-hydroxylation sites is 1. The van der Waals surface area contributed by atoms with Gasteiger partial charge in [0.05, 0.1) is 5.41 Å². The van der Waals surface area contributed by atoms with Crippen LogP contribution in [0.3, 0.4) is 0 Å². The molecule has 1 fully saturated rings. The molecule has 1 spiro atoms. The molecule has 0 aromatic heterocycles. The van der Waals surface area contributed by atoms with Gasteiger partial charge in [0.1, 0.15) is 18.7 Å². The van der Waals surface area contributed by atoms with Crippen molar-refractivity contribution in [3.8, 4) is 0 Å². The van der Waals surface area contributed by atoms with Gasteiger partial charge in [-0.3, -0.25) is 19.3 Å². The summed E-state index contributed by atoms with van der Waals surface area (Å²) >= 11 is 0. The van der Waals surface area contributed by atoms with Crippen LogP contribution in [0.25, 0.3) is 0 Å². The molecule has 3 N–H and O–H groups in total. The van der Waals surface area contributed by atoms with Gasteiger partial charge in [-0.1, -0.05) is 69.3 Å². The summed E-state index contributed by atoms with van der Waals surface area (Å²) in [6, 6.07) is 14.6. The van der Waals surface area contributed by atoms with E-state index in [0.29, 0.717) is 12.1 Å². The molecule has 37 heavy (non-hydrogen) atoms. The van der Waals surface area contributed by atoms with E-state index < -0.39 is 35.4 Å². The van der Waals surface area contributed by atoms with E-state index in [0.717, 1.165) is 11.1 Å². The molecule has 2 aromatic carbocycles. The van der Waals surface area contributed by atoms with E-state index in [1.165, 1.54) is 16.8 Å². The number of carbonyl (C=O) groups excluding carboxylic acids is 4. The Morgan fingerprint density at radius 3 is 2.43 bits per heavy atom. The molecular weight excluding hydrogens is 472 g/mol. The maximum atomic E-state index is 14.1. The maximum Gasteiger partial charge on any atom is 0.410 e. The molecule has 1 saturated heterocycles. The first kappa shape index (κ1) is 26.2. The van der Waals surface area contributed by atoms with Crippen molar-refractivity contribution >= 4 is 29.5 Å². The minimum absolute atomic E-state index is 0.00413. The highest BCUT2D eigenvalue weighted by Gasteiger charge is 2.58. The molecule has 196 valence electrons. The summed E-state index contributed by atoms with van der Waals surface area (Å²) in [6.07, 6.45) is -0.248. The SMILES string of the molecule is CN(C(=O)OCc1ccccc1)[C@@H](CC(C)(C)C)C(=O)N1C[C@]2(C[C@H]1C(N)=O)C(=O)Nc1ccccc12. The second kappa shape index (κ2) is 9.88. The Bertz CT molecular complexity index is 1210. The largest absolute Gasteiger partial charge is 0.445 e. The van der Waals surface area contributed by atoms with E-state index in [2.05, 4.69) is 5.32 Å². The number of likely N-dealkylation sites (tertiary alicyclic amines) is 1. The van der Waals surface area contributed by atoms with Crippen LogP contribution in [0.5, 0.6) is 0 Å². The first-order valence-corrected chi connectivity index (χ1v) is 12.4. The molecule has 2 aliphatic rings. The van der Waals surface area contributed by atoms with Crippen molar-refractivity contribution in [3.05, 3.63) is 65.7 Å². The van der Waals surface area contributed by atoms with Crippen LogP contribution in [0.1, 0.15) is 44.7 Å². The van der Waals surface area contributed by atoms with E-state index in [9.17, 15) is 19.2 Å². The van der Waals surface area contributed by atoms with E-state index in [-0.39, 0.29) is 30.9 Å². The third kappa shape index (κ3) is 5.16. The van der Waals surface area contributed by atoms with Gasteiger partial charge in [-0.2, -0.15) is 0 Å². The van der Waals surface area contributed by atoms with Gasteiger partial charge in [-0.05, 0) is 35.4 Å². The zero-order valence-electron chi connectivity index (χ0n) is 21.7. The summed E-state index contributed by atoms with van der Waals surface area (Å²) in [5.41, 5.74) is 6.57. The number of amides is 4. The number of nitrogens with two attached hydrogens (primary N) is 1. The Morgan fingerprint density at radius 2 is 1.78 bits per heavy atom. The predicted octanol–water partition coefficient (Wildman–Crippen LogP) is 3.04. The molecule has 2 aliphatic heterocycles. The lowest BCUT2D eigenvalue weighted by Crippen LogP contribution is -2.54. The van der Waals surface area contributed by atoms with Crippen molar-refractivity contribution in [2.75, 3.05) is 18.9 Å². The Kier molecular flexibility index (Phi) is 6.99. The molecule has 4 rings (SSSR count). The number of ether oxygens (including phenoxy) is 1. The lowest BCUT2D eigenvalue weighted by molar-refractivity contribution is -0.142. The average Bonchev–Trinajstić information content (AvgIpc) is 3.39. The summed E-state index contributed by atoms with van der Waals surface area (Å²) in [7, 11) is 1.52. The van der Waals surface area contributed by atoms with Gasteiger partial charge in [0, 0.05) is 19.3 Å². The third-order valence-electron chi connectivity index (χ3n) is 7.15. The highest BCUT2D eigenvalue weighted by atomic mass is 16.6. The van der Waals surface area contributed by atoms with E-state index in [1.807, 2.05) is 69.3 Å². The van der Waals surface area contributed by atoms with Crippen molar-refractivity contribution in [2.45, 2.75) is 57.7 Å². The van der Waals surface area contributed by atoms with Gasteiger partial charge in [0.15, 0.2) is 0 Å². The lowest BCUT2D eigenvalue weighted by Gasteiger charge is -2.35. The van der Waals surface area contributed by atoms with E-state index in [1.54, 1.807) is 6.07 Å². The van der Waals surface area contributed by atoms with Crippen molar-refractivity contribution in [2.24, 2.45) is 11.1 Å². The number of hydrogen-bond donors (Lipinski definition) is 2. The van der Waals surface area contributed by atoms with Gasteiger partial charge >= 0.3 is 6.09 Å². The predicted molar refractivity (Wildman–Crippen MR) is 138 cm³/mol. The number of fused-ring (bicyclic) bond motifs is 2. The minimum Gasteiger partial charge on any atom is -0.445 e. The zero-order chi connectivity index (χ0) is 27.0. The molecule has 2 heterocycles. The molecule has 3 atom stereocenters. The maximum absolute atomic E-state index is 14.1.